The molecule has 2 aromatic rings. The Bertz CT molecular complexity index is 929. The molecule has 1 atom stereocenters. The number of carbonyl (C=O) groups is 2. The largest absolute Gasteiger partial charge is 0.449 e. The van der Waals surface area contributed by atoms with Crippen LogP contribution in [0.5, 0.6) is 0 Å². The predicted molar refractivity (Wildman–Crippen MR) is 95.8 cm³/mol. The number of hydrogen-bond donors (Lipinski definition) is 1. The maximum absolute atomic E-state index is 12.7. The molecule has 0 heterocycles. The van der Waals surface area contributed by atoms with Gasteiger partial charge in [0.1, 0.15) is 0 Å². The second-order valence-corrected chi connectivity index (χ2v) is 5.71. The first kappa shape index (κ1) is 20.7. The molecule has 144 valence electrons. The van der Waals surface area contributed by atoms with E-state index in [1.807, 2.05) is 6.07 Å². The lowest BCUT2D eigenvalue weighted by Gasteiger charge is -2.13. The van der Waals surface area contributed by atoms with Crippen molar-refractivity contribution in [2.45, 2.75) is 19.2 Å². The topological polar surface area (TPSA) is 79.2 Å². The van der Waals surface area contributed by atoms with Crippen LogP contribution in [0.25, 0.3) is 6.08 Å². The number of rotatable bonds is 5. The molecule has 0 aliphatic heterocycles. The van der Waals surface area contributed by atoms with Crippen LogP contribution >= 0.6 is 0 Å². The zero-order valence-electron chi connectivity index (χ0n) is 14.7. The molecule has 0 bridgehead atoms. The van der Waals surface area contributed by atoms with Gasteiger partial charge in [0.15, 0.2) is 6.10 Å². The summed E-state index contributed by atoms with van der Waals surface area (Å²) in [6.45, 7) is 1.30. The van der Waals surface area contributed by atoms with Crippen molar-refractivity contribution < 1.29 is 27.5 Å². The fourth-order valence-corrected chi connectivity index (χ4v) is 2.12. The Kier molecular flexibility index (Phi) is 6.55. The Labute approximate surface area is 159 Å². The number of nitriles is 1. The SMILES string of the molecule is C[C@H](OC(=O)/C=C/c1ccc(C#N)cc1)C(=O)Nc1cccc(C(F)(F)F)c1. The van der Waals surface area contributed by atoms with Crippen LogP contribution in [0.3, 0.4) is 0 Å². The van der Waals surface area contributed by atoms with Crippen LogP contribution in [-0.4, -0.2) is 18.0 Å². The number of nitrogens with zero attached hydrogens (tertiary/aromatic N) is 1. The zero-order valence-corrected chi connectivity index (χ0v) is 14.7. The van der Waals surface area contributed by atoms with Crippen LogP contribution in [0.1, 0.15) is 23.6 Å². The molecule has 0 aliphatic rings. The average molecular weight is 388 g/mol. The van der Waals surface area contributed by atoms with E-state index in [9.17, 15) is 22.8 Å². The van der Waals surface area contributed by atoms with Crippen LogP contribution in [0, 0.1) is 11.3 Å². The number of benzene rings is 2. The van der Waals surface area contributed by atoms with Crippen molar-refractivity contribution in [3.63, 3.8) is 0 Å². The van der Waals surface area contributed by atoms with Gasteiger partial charge in [0.05, 0.1) is 17.2 Å². The Morgan fingerprint density at radius 1 is 1.18 bits per heavy atom. The highest BCUT2D eigenvalue weighted by molar-refractivity contribution is 5.96. The fourth-order valence-electron chi connectivity index (χ4n) is 2.12. The molecule has 0 radical (unpaired) electrons. The lowest BCUT2D eigenvalue weighted by molar-refractivity contribution is -0.148. The number of amides is 1. The Morgan fingerprint density at radius 2 is 1.86 bits per heavy atom. The third-order valence-electron chi connectivity index (χ3n) is 3.57. The summed E-state index contributed by atoms with van der Waals surface area (Å²) < 4.78 is 43.0. The quantitative estimate of drug-likeness (QED) is 0.616. The number of nitrogens with one attached hydrogen (secondary N) is 1. The van der Waals surface area contributed by atoms with Crippen LogP contribution in [0.15, 0.2) is 54.6 Å². The lowest BCUT2D eigenvalue weighted by Crippen LogP contribution is -2.29. The monoisotopic (exact) mass is 388 g/mol. The molecule has 2 rings (SSSR count). The van der Waals surface area contributed by atoms with Crippen molar-refractivity contribution in [1.82, 2.24) is 0 Å². The number of halogens is 3. The summed E-state index contributed by atoms with van der Waals surface area (Å²) in [5.41, 5.74) is 0.160. The van der Waals surface area contributed by atoms with E-state index in [0.29, 0.717) is 11.1 Å². The molecule has 1 amide bonds. The number of esters is 1. The van der Waals surface area contributed by atoms with Crippen molar-refractivity contribution in [2.75, 3.05) is 5.32 Å². The van der Waals surface area contributed by atoms with Gasteiger partial charge in [-0.2, -0.15) is 18.4 Å². The van der Waals surface area contributed by atoms with Crippen molar-refractivity contribution in [3.8, 4) is 6.07 Å². The van der Waals surface area contributed by atoms with Crippen molar-refractivity contribution in [1.29, 1.82) is 5.26 Å². The number of anilines is 1. The van der Waals surface area contributed by atoms with Gasteiger partial charge in [-0.15, -0.1) is 0 Å². The Balaban J connectivity index is 1.93. The second kappa shape index (κ2) is 8.86. The molecule has 0 unspecified atom stereocenters. The number of carbonyl (C=O) groups excluding carboxylic acids is 2. The molecule has 2 aromatic carbocycles. The maximum Gasteiger partial charge on any atom is 0.416 e. The van der Waals surface area contributed by atoms with Crippen LogP contribution in [0.4, 0.5) is 18.9 Å². The number of ether oxygens (including phenoxy) is 1. The molecule has 5 nitrogen and oxygen atoms in total. The molecule has 0 fully saturated rings. The summed E-state index contributed by atoms with van der Waals surface area (Å²) in [6, 6.07) is 12.5. The average Bonchev–Trinajstić information content (AvgIpc) is 2.66. The van der Waals surface area contributed by atoms with Crippen LogP contribution in [-0.2, 0) is 20.5 Å². The van der Waals surface area contributed by atoms with E-state index >= 15 is 0 Å². The van der Waals surface area contributed by atoms with E-state index in [2.05, 4.69) is 5.32 Å². The second-order valence-electron chi connectivity index (χ2n) is 5.71. The van der Waals surface area contributed by atoms with Gasteiger partial charge < -0.3 is 10.1 Å². The fraction of sp³-hybridized carbons (Fsp3) is 0.150. The van der Waals surface area contributed by atoms with Crippen LogP contribution < -0.4 is 5.32 Å². The van der Waals surface area contributed by atoms with E-state index in [-0.39, 0.29) is 5.69 Å². The first-order valence-corrected chi connectivity index (χ1v) is 8.06. The molecule has 0 saturated carbocycles. The van der Waals surface area contributed by atoms with Crippen molar-refractivity contribution in [3.05, 3.63) is 71.3 Å². The highest BCUT2D eigenvalue weighted by Crippen LogP contribution is 2.30. The third kappa shape index (κ3) is 5.99. The molecule has 28 heavy (non-hydrogen) atoms. The normalized spacial score (nSPS) is 12.2. The zero-order chi connectivity index (χ0) is 20.7. The van der Waals surface area contributed by atoms with Gasteiger partial charge in [-0.1, -0.05) is 18.2 Å². The summed E-state index contributed by atoms with van der Waals surface area (Å²) in [6.07, 6.45) is -3.20. The minimum absolute atomic E-state index is 0.0594. The summed E-state index contributed by atoms with van der Waals surface area (Å²) in [5.74, 6) is -1.56. The highest BCUT2D eigenvalue weighted by Gasteiger charge is 2.30. The lowest BCUT2D eigenvalue weighted by atomic mass is 10.1. The van der Waals surface area contributed by atoms with E-state index in [0.717, 1.165) is 24.3 Å². The Hall–Kier alpha value is -3.60. The van der Waals surface area contributed by atoms with Gasteiger partial charge in [0, 0.05) is 11.8 Å². The molecular weight excluding hydrogens is 373 g/mol. The summed E-state index contributed by atoms with van der Waals surface area (Å²) in [7, 11) is 0. The van der Waals surface area contributed by atoms with E-state index in [1.54, 1.807) is 24.3 Å². The highest BCUT2D eigenvalue weighted by atomic mass is 19.4. The maximum atomic E-state index is 12.7. The summed E-state index contributed by atoms with van der Waals surface area (Å²) >= 11 is 0. The van der Waals surface area contributed by atoms with Gasteiger partial charge in [-0.05, 0) is 48.9 Å². The number of hydrogen-bond acceptors (Lipinski definition) is 4. The minimum Gasteiger partial charge on any atom is -0.449 e. The van der Waals surface area contributed by atoms with Crippen molar-refractivity contribution in [2.24, 2.45) is 0 Å². The van der Waals surface area contributed by atoms with Gasteiger partial charge in [0.2, 0.25) is 0 Å². The van der Waals surface area contributed by atoms with E-state index in [4.69, 9.17) is 10.00 Å². The van der Waals surface area contributed by atoms with Gasteiger partial charge in [-0.3, -0.25) is 4.79 Å². The van der Waals surface area contributed by atoms with E-state index < -0.39 is 29.7 Å². The first-order chi connectivity index (χ1) is 13.2. The first-order valence-electron chi connectivity index (χ1n) is 8.06. The molecule has 1 N–H and O–H groups in total. The van der Waals surface area contributed by atoms with Crippen molar-refractivity contribution >= 4 is 23.6 Å². The molecule has 0 saturated heterocycles. The van der Waals surface area contributed by atoms with Crippen LogP contribution in [0.2, 0.25) is 0 Å². The Morgan fingerprint density at radius 3 is 2.46 bits per heavy atom. The van der Waals surface area contributed by atoms with Gasteiger partial charge in [0.25, 0.3) is 5.91 Å². The molecular formula is C20H15F3N2O3. The molecule has 0 aliphatic carbocycles. The third-order valence-corrected chi connectivity index (χ3v) is 3.57. The molecule has 8 heteroatoms. The molecule has 0 spiro atoms. The summed E-state index contributed by atoms with van der Waals surface area (Å²) in [5, 5.41) is 11.0. The standard InChI is InChI=1S/C20H15F3N2O3/c1-13(19(27)25-17-4-2-3-16(11-17)20(21,22)23)28-18(26)10-9-14-5-7-15(12-24)8-6-14/h2-11,13H,1H3,(H,25,27)/b10-9+/t13-/m0/s1. The smallest absolute Gasteiger partial charge is 0.416 e. The van der Waals surface area contributed by atoms with Gasteiger partial charge >= 0.3 is 12.1 Å². The predicted octanol–water partition coefficient (Wildman–Crippen LogP) is 4.16. The minimum atomic E-state index is -4.53. The number of alkyl halides is 3. The van der Waals surface area contributed by atoms with Gasteiger partial charge in [-0.25, -0.2) is 4.79 Å². The van der Waals surface area contributed by atoms with E-state index in [1.165, 1.54) is 19.1 Å². The molecule has 0 aromatic heterocycles. The summed E-state index contributed by atoms with van der Waals surface area (Å²) in [4.78, 5) is 23.8.